The second kappa shape index (κ2) is 7.71. The third-order valence-electron chi connectivity index (χ3n) is 5.28. The van der Waals surface area contributed by atoms with E-state index in [4.69, 9.17) is 5.73 Å². The predicted molar refractivity (Wildman–Crippen MR) is 102 cm³/mol. The van der Waals surface area contributed by atoms with Gasteiger partial charge < -0.3 is 15.7 Å². The molecule has 0 bridgehead atoms. The van der Waals surface area contributed by atoms with Gasteiger partial charge in [-0.25, -0.2) is 9.97 Å². The van der Waals surface area contributed by atoms with Crippen LogP contribution in [0.25, 0.3) is 11.4 Å². The Morgan fingerprint density at radius 3 is 2.62 bits per heavy atom. The number of nitrogens with two attached hydrogens (primary N) is 1. The van der Waals surface area contributed by atoms with E-state index in [9.17, 15) is 10.4 Å². The van der Waals surface area contributed by atoms with Crippen molar-refractivity contribution in [2.45, 2.75) is 44.1 Å². The lowest BCUT2D eigenvalue weighted by Crippen LogP contribution is -2.27. The van der Waals surface area contributed by atoms with Gasteiger partial charge in [0.05, 0.1) is 11.3 Å². The molecule has 3 N–H and O–H groups in total. The van der Waals surface area contributed by atoms with Crippen LogP contribution in [0.15, 0.2) is 24.3 Å². The van der Waals surface area contributed by atoms with Crippen LogP contribution >= 0.6 is 0 Å². The van der Waals surface area contributed by atoms with Crippen LogP contribution in [0.1, 0.15) is 49.3 Å². The molecule has 2 atom stereocenters. The summed E-state index contributed by atoms with van der Waals surface area (Å²) < 4.78 is 0. The van der Waals surface area contributed by atoms with Crippen molar-refractivity contribution in [2.75, 3.05) is 19.8 Å². The van der Waals surface area contributed by atoms with E-state index in [1.54, 1.807) is 18.2 Å². The van der Waals surface area contributed by atoms with Gasteiger partial charge in [-0.3, -0.25) is 0 Å². The van der Waals surface area contributed by atoms with E-state index in [1.807, 2.05) is 6.07 Å². The lowest BCUT2D eigenvalue weighted by molar-refractivity contribution is 0.266. The third kappa shape index (κ3) is 3.63. The molecule has 2 unspecified atom stereocenters. The highest BCUT2D eigenvalue weighted by Crippen LogP contribution is 2.36. The van der Waals surface area contributed by atoms with Crippen molar-refractivity contribution in [3.63, 3.8) is 0 Å². The zero-order valence-corrected chi connectivity index (χ0v) is 15.3. The average molecular weight is 351 g/mol. The summed E-state index contributed by atoms with van der Waals surface area (Å²) in [4.78, 5) is 11.2. The number of nitrogen functional groups attached to an aromatic ring is 1. The molecule has 1 heterocycles. The number of phenols is 1. The van der Waals surface area contributed by atoms with Crippen molar-refractivity contribution >= 4 is 5.82 Å². The largest absolute Gasteiger partial charge is 0.507 e. The molecule has 1 saturated carbocycles. The van der Waals surface area contributed by atoms with Crippen LogP contribution in [-0.4, -0.2) is 40.1 Å². The fourth-order valence-corrected chi connectivity index (χ4v) is 3.76. The number of rotatable bonds is 3. The van der Waals surface area contributed by atoms with Gasteiger partial charge in [0.25, 0.3) is 0 Å². The van der Waals surface area contributed by atoms with Gasteiger partial charge in [-0.2, -0.15) is 5.26 Å². The lowest BCUT2D eigenvalue weighted by atomic mass is 9.93. The molecule has 1 fully saturated rings. The molecular weight excluding hydrogens is 326 g/mol. The maximum Gasteiger partial charge on any atom is 0.165 e. The Morgan fingerprint density at radius 1 is 1.15 bits per heavy atom. The quantitative estimate of drug-likeness (QED) is 0.823. The van der Waals surface area contributed by atoms with Crippen LogP contribution in [0.4, 0.5) is 5.82 Å². The fraction of sp³-hybridized carbons (Fsp3) is 0.450. The van der Waals surface area contributed by atoms with E-state index >= 15 is 0 Å². The molecule has 26 heavy (non-hydrogen) atoms. The minimum absolute atomic E-state index is 0.107. The first-order valence-corrected chi connectivity index (χ1v) is 9.03. The Kier molecular flexibility index (Phi) is 5.38. The standard InChI is InChI=1S/C20H25N5O/c1-25(2)14-7-5-6-13(10-11-14)18-16(12-21)19(22)24-20(23-18)15-8-3-4-9-17(15)26/h3-4,8-9,13-14,26H,5-7,10-11H2,1-2H3,(H2,22,23,24). The molecule has 6 heteroatoms. The van der Waals surface area contributed by atoms with Crippen LogP contribution in [-0.2, 0) is 0 Å². The molecule has 6 nitrogen and oxygen atoms in total. The molecule has 0 spiro atoms. The number of aromatic hydroxyl groups is 1. The predicted octanol–water partition coefficient (Wildman–Crippen LogP) is 3.28. The molecule has 1 aliphatic carbocycles. The number of nitrogens with zero attached hydrogens (tertiary/aromatic N) is 4. The summed E-state index contributed by atoms with van der Waals surface area (Å²) in [6, 6.07) is 9.67. The zero-order valence-electron chi connectivity index (χ0n) is 15.3. The summed E-state index contributed by atoms with van der Waals surface area (Å²) >= 11 is 0. The topological polar surface area (TPSA) is 99.1 Å². The SMILES string of the molecule is CN(C)C1CCCC(c2nc(-c3ccccc3O)nc(N)c2C#N)CC1. The summed E-state index contributed by atoms with van der Waals surface area (Å²) in [5.74, 6) is 0.854. The molecule has 0 amide bonds. The zero-order chi connectivity index (χ0) is 18.7. The third-order valence-corrected chi connectivity index (χ3v) is 5.28. The highest BCUT2D eigenvalue weighted by molar-refractivity contribution is 5.66. The Hall–Kier alpha value is -2.65. The van der Waals surface area contributed by atoms with Gasteiger partial charge >= 0.3 is 0 Å². The minimum Gasteiger partial charge on any atom is -0.507 e. The van der Waals surface area contributed by atoms with Crippen molar-refractivity contribution < 1.29 is 5.11 Å². The molecule has 0 radical (unpaired) electrons. The number of nitriles is 1. The minimum atomic E-state index is 0.107. The van der Waals surface area contributed by atoms with Crippen molar-refractivity contribution in [2.24, 2.45) is 0 Å². The first-order valence-electron chi connectivity index (χ1n) is 9.03. The number of aromatic nitrogens is 2. The highest BCUT2D eigenvalue weighted by atomic mass is 16.3. The van der Waals surface area contributed by atoms with Gasteiger partial charge in [-0.1, -0.05) is 18.6 Å². The second-order valence-electron chi connectivity index (χ2n) is 7.14. The smallest absolute Gasteiger partial charge is 0.165 e. The van der Waals surface area contributed by atoms with Crippen molar-refractivity contribution in [1.29, 1.82) is 5.26 Å². The lowest BCUT2D eigenvalue weighted by Gasteiger charge is -2.22. The van der Waals surface area contributed by atoms with Crippen LogP contribution in [0.3, 0.4) is 0 Å². The molecule has 136 valence electrons. The van der Waals surface area contributed by atoms with E-state index < -0.39 is 0 Å². The van der Waals surface area contributed by atoms with E-state index in [-0.39, 0.29) is 17.5 Å². The second-order valence-corrected chi connectivity index (χ2v) is 7.14. The van der Waals surface area contributed by atoms with Gasteiger partial charge in [0.2, 0.25) is 0 Å². The number of para-hydroxylation sites is 1. The number of phenolic OH excluding ortho intramolecular Hbond substituents is 1. The maximum absolute atomic E-state index is 10.1. The van der Waals surface area contributed by atoms with Gasteiger partial charge in [-0.15, -0.1) is 0 Å². The summed E-state index contributed by atoms with van der Waals surface area (Å²) in [5, 5.41) is 19.7. The first-order chi connectivity index (χ1) is 12.5. The monoisotopic (exact) mass is 351 g/mol. The molecule has 0 saturated heterocycles. The molecule has 1 aromatic carbocycles. The van der Waals surface area contributed by atoms with Gasteiger partial charge in [0.15, 0.2) is 5.82 Å². The van der Waals surface area contributed by atoms with Gasteiger partial charge in [0.1, 0.15) is 23.2 Å². The number of hydrogen-bond acceptors (Lipinski definition) is 6. The van der Waals surface area contributed by atoms with E-state index in [1.165, 1.54) is 0 Å². The van der Waals surface area contributed by atoms with Crippen LogP contribution in [0.2, 0.25) is 0 Å². The molecule has 2 aromatic rings. The van der Waals surface area contributed by atoms with Gasteiger partial charge in [-0.05, 0) is 51.9 Å². The average Bonchev–Trinajstić information content (AvgIpc) is 2.87. The summed E-state index contributed by atoms with van der Waals surface area (Å²) in [6.45, 7) is 0. The Bertz CT molecular complexity index is 827. The highest BCUT2D eigenvalue weighted by Gasteiger charge is 2.26. The van der Waals surface area contributed by atoms with Crippen molar-refractivity contribution in [3.8, 4) is 23.2 Å². The number of anilines is 1. The van der Waals surface area contributed by atoms with E-state index in [0.717, 1.165) is 37.8 Å². The Balaban J connectivity index is 2.01. The van der Waals surface area contributed by atoms with Crippen LogP contribution < -0.4 is 5.73 Å². The fourth-order valence-electron chi connectivity index (χ4n) is 3.76. The van der Waals surface area contributed by atoms with Crippen molar-refractivity contribution in [3.05, 3.63) is 35.5 Å². The number of hydrogen-bond donors (Lipinski definition) is 2. The molecule has 3 rings (SSSR count). The normalized spacial score (nSPS) is 20.5. The van der Waals surface area contributed by atoms with Gasteiger partial charge in [0, 0.05) is 12.0 Å². The Labute approximate surface area is 154 Å². The summed E-state index contributed by atoms with van der Waals surface area (Å²) in [6.07, 6.45) is 5.26. The summed E-state index contributed by atoms with van der Waals surface area (Å²) in [7, 11) is 4.23. The molecular formula is C20H25N5O. The Morgan fingerprint density at radius 2 is 1.92 bits per heavy atom. The maximum atomic E-state index is 10.1. The van der Waals surface area contributed by atoms with Crippen LogP contribution in [0, 0.1) is 11.3 Å². The molecule has 1 aromatic heterocycles. The molecule has 1 aliphatic rings. The van der Waals surface area contributed by atoms with Crippen LogP contribution in [0.5, 0.6) is 5.75 Å². The van der Waals surface area contributed by atoms with Crippen molar-refractivity contribution in [1.82, 2.24) is 14.9 Å². The molecule has 0 aliphatic heterocycles. The van der Waals surface area contributed by atoms with E-state index in [2.05, 4.69) is 35.0 Å². The van der Waals surface area contributed by atoms with E-state index in [0.29, 0.717) is 23.0 Å². The first kappa shape index (κ1) is 18.2. The summed E-state index contributed by atoms with van der Waals surface area (Å²) in [5.41, 5.74) is 7.70. The number of benzene rings is 1.